The molecule has 0 aliphatic rings. The van der Waals surface area contributed by atoms with Gasteiger partial charge in [-0.3, -0.25) is 0 Å². The van der Waals surface area contributed by atoms with Crippen molar-refractivity contribution in [3.05, 3.63) is 52.4 Å². The summed E-state index contributed by atoms with van der Waals surface area (Å²) in [6, 6.07) is 8.17. The zero-order valence-corrected chi connectivity index (χ0v) is 10.2. The van der Waals surface area contributed by atoms with E-state index in [0.717, 1.165) is 10.0 Å². The molecule has 1 heterocycles. The van der Waals surface area contributed by atoms with Gasteiger partial charge in [-0.25, -0.2) is 9.37 Å². The van der Waals surface area contributed by atoms with Crippen LogP contribution in [0.15, 0.2) is 41.0 Å². The highest BCUT2D eigenvalue weighted by molar-refractivity contribution is 9.10. The van der Waals surface area contributed by atoms with Gasteiger partial charge in [-0.15, -0.1) is 0 Å². The van der Waals surface area contributed by atoms with Crippen LogP contribution < -0.4 is 4.74 Å². The van der Waals surface area contributed by atoms with Crippen LogP contribution in [0, 0.1) is 12.7 Å². The van der Waals surface area contributed by atoms with Crippen LogP contribution in [-0.2, 0) is 0 Å². The first-order valence-corrected chi connectivity index (χ1v) is 5.50. The van der Waals surface area contributed by atoms with Crippen molar-refractivity contribution in [1.82, 2.24) is 4.98 Å². The van der Waals surface area contributed by atoms with Gasteiger partial charge >= 0.3 is 0 Å². The molecule has 2 aromatic rings. The minimum atomic E-state index is -0.393. The zero-order valence-electron chi connectivity index (χ0n) is 8.58. The predicted octanol–water partition coefficient (Wildman–Crippen LogP) is 4.08. The van der Waals surface area contributed by atoms with Crippen LogP contribution in [-0.4, -0.2) is 4.98 Å². The monoisotopic (exact) mass is 281 g/mol. The lowest BCUT2D eigenvalue weighted by Gasteiger charge is -2.06. The van der Waals surface area contributed by atoms with E-state index < -0.39 is 5.82 Å². The number of hydrogen-bond donors (Lipinski definition) is 0. The molecule has 0 amide bonds. The SMILES string of the molecule is Cc1ccc(F)c(Oc2ccc(Br)cn2)c1. The Labute approximate surface area is 101 Å². The second kappa shape index (κ2) is 4.61. The molecule has 0 atom stereocenters. The summed E-state index contributed by atoms with van der Waals surface area (Å²) in [6.07, 6.45) is 1.60. The van der Waals surface area contributed by atoms with Gasteiger partial charge in [-0.05, 0) is 46.6 Å². The zero-order chi connectivity index (χ0) is 11.5. The van der Waals surface area contributed by atoms with Crippen molar-refractivity contribution >= 4 is 15.9 Å². The van der Waals surface area contributed by atoms with Crippen LogP contribution in [0.5, 0.6) is 11.6 Å². The van der Waals surface area contributed by atoms with Crippen molar-refractivity contribution in [2.24, 2.45) is 0 Å². The number of aryl methyl sites for hydroxylation is 1. The number of pyridine rings is 1. The Kier molecular flexibility index (Phi) is 3.19. The molecule has 0 bridgehead atoms. The van der Waals surface area contributed by atoms with Crippen molar-refractivity contribution in [2.45, 2.75) is 6.92 Å². The van der Waals surface area contributed by atoms with Crippen LogP contribution in [0.25, 0.3) is 0 Å². The number of ether oxygens (including phenoxy) is 1. The van der Waals surface area contributed by atoms with Gasteiger partial charge in [0.25, 0.3) is 0 Å². The third-order valence-electron chi connectivity index (χ3n) is 2.00. The average molecular weight is 282 g/mol. The van der Waals surface area contributed by atoms with E-state index in [9.17, 15) is 4.39 Å². The maximum atomic E-state index is 13.4. The fourth-order valence-electron chi connectivity index (χ4n) is 1.22. The second-order valence-electron chi connectivity index (χ2n) is 3.35. The third-order valence-corrected chi connectivity index (χ3v) is 2.47. The van der Waals surface area contributed by atoms with Gasteiger partial charge in [-0.2, -0.15) is 0 Å². The molecule has 1 aromatic heterocycles. The number of nitrogens with zero attached hydrogens (tertiary/aromatic N) is 1. The molecule has 16 heavy (non-hydrogen) atoms. The third kappa shape index (κ3) is 2.58. The van der Waals surface area contributed by atoms with Gasteiger partial charge in [0.05, 0.1) is 0 Å². The van der Waals surface area contributed by atoms with Crippen molar-refractivity contribution in [2.75, 3.05) is 0 Å². The first-order chi connectivity index (χ1) is 7.65. The van der Waals surface area contributed by atoms with Crippen molar-refractivity contribution in [3.63, 3.8) is 0 Å². The Hall–Kier alpha value is -1.42. The summed E-state index contributed by atoms with van der Waals surface area (Å²) in [6.45, 7) is 1.88. The summed E-state index contributed by atoms with van der Waals surface area (Å²) in [5.74, 6) is 0.165. The molecule has 4 heteroatoms. The van der Waals surface area contributed by atoms with Crippen LogP contribution in [0.4, 0.5) is 4.39 Å². The van der Waals surface area contributed by atoms with E-state index in [0.29, 0.717) is 5.88 Å². The number of hydrogen-bond acceptors (Lipinski definition) is 2. The highest BCUT2D eigenvalue weighted by Gasteiger charge is 2.05. The molecule has 0 N–H and O–H groups in total. The standard InChI is InChI=1S/C12H9BrFNO/c1-8-2-4-10(14)11(6-8)16-12-5-3-9(13)7-15-12/h2-7H,1H3. The molecule has 0 unspecified atom stereocenters. The molecule has 0 radical (unpaired) electrons. The van der Waals surface area contributed by atoms with Gasteiger partial charge < -0.3 is 4.74 Å². The number of aromatic nitrogens is 1. The molecule has 1 aromatic carbocycles. The van der Waals surface area contributed by atoms with Gasteiger partial charge in [0, 0.05) is 16.7 Å². The number of benzene rings is 1. The largest absolute Gasteiger partial charge is 0.436 e. The lowest BCUT2D eigenvalue weighted by molar-refractivity contribution is 0.427. The molecule has 82 valence electrons. The Balaban J connectivity index is 2.26. The number of rotatable bonds is 2. The quantitative estimate of drug-likeness (QED) is 0.827. The van der Waals surface area contributed by atoms with E-state index in [1.807, 2.05) is 6.92 Å². The molecule has 2 rings (SSSR count). The van der Waals surface area contributed by atoms with Crippen LogP contribution in [0.3, 0.4) is 0 Å². The highest BCUT2D eigenvalue weighted by Crippen LogP contribution is 2.24. The minimum absolute atomic E-state index is 0.190. The summed E-state index contributed by atoms with van der Waals surface area (Å²) in [5, 5.41) is 0. The van der Waals surface area contributed by atoms with E-state index in [1.165, 1.54) is 6.07 Å². The van der Waals surface area contributed by atoms with Crippen molar-refractivity contribution in [3.8, 4) is 11.6 Å². The lowest BCUT2D eigenvalue weighted by Crippen LogP contribution is -1.91. The summed E-state index contributed by atoms with van der Waals surface area (Å²) >= 11 is 3.26. The van der Waals surface area contributed by atoms with E-state index in [-0.39, 0.29) is 5.75 Å². The van der Waals surface area contributed by atoms with Crippen LogP contribution >= 0.6 is 15.9 Å². The van der Waals surface area contributed by atoms with Gasteiger partial charge in [-0.1, -0.05) is 6.07 Å². The molecule has 0 saturated heterocycles. The minimum Gasteiger partial charge on any atom is -0.436 e. The van der Waals surface area contributed by atoms with E-state index in [2.05, 4.69) is 20.9 Å². The normalized spacial score (nSPS) is 10.2. The highest BCUT2D eigenvalue weighted by atomic mass is 79.9. The van der Waals surface area contributed by atoms with Gasteiger partial charge in [0.15, 0.2) is 11.6 Å². The molecular formula is C12H9BrFNO. The predicted molar refractivity (Wildman–Crippen MR) is 63.1 cm³/mol. The van der Waals surface area contributed by atoms with Crippen molar-refractivity contribution < 1.29 is 9.13 Å². The summed E-state index contributed by atoms with van der Waals surface area (Å²) in [7, 11) is 0. The summed E-state index contributed by atoms with van der Waals surface area (Å²) in [4.78, 5) is 4.01. The maximum absolute atomic E-state index is 13.4. The molecule has 2 nitrogen and oxygen atoms in total. The fraction of sp³-hybridized carbons (Fsp3) is 0.0833. The van der Waals surface area contributed by atoms with E-state index in [4.69, 9.17) is 4.74 Å². The molecular weight excluding hydrogens is 273 g/mol. The first-order valence-electron chi connectivity index (χ1n) is 4.71. The Morgan fingerprint density at radius 1 is 1.25 bits per heavy atom. The summed E-state index contributed by atoms with van der Waals surface area (Å²) < 4.78 is 19.6. The topological polar surface area (TPSA) is 22.1 Å². The fourth-order valence-corrected chi connectivity index (χ4v) is 1.46. The average Bonchev–Trinajstić information content (AvgIpc) is 2.27. The Morgan fingerprint density at radius 3 is 2.75 bits per heavy atom. The molecule has 0 saturated carbocycles. The lowest BCUT2D eigenvalue weighted by atomic mass is 10.2. The molecule has 0 fully saturated rings. The van der Waals surface area contributed by atoms with Gasteiger partial charge in [0.1, 0.15) is 0 Å². The molecule has 0 spiro atoms. The smallest absolute Gasteiger partial charge is 0.219 e. The molecule has 0 aliphatic carbocycles. The van der Waals surface area contributed by atoms with Crippen LogP contribution in [0.1, 0.15) is 5.56 Å². The second-order valence-corrected chi connectivity index (χ2v) is 4.27. The van der Waals surface area contributed by atoms with Crippen LogP contribution in [0.2, 0.25) is 0 Å². The Morgan fingerprint density at radius 2 is 2.06 bits per heavy atom. The Bertz CT molecular complexity index is 499. The summed E-state index contributed by atoms with van der Waals surface area (Å²) in [5.41, 5.74) is 0.938. The van der Waals surface area contributed by atoms with Crippen molar-refractivity contribution in [1.29, 1.82) is 0 Å². The first kappa shape index (κ1) is 11.1. The number of halogens is 2. The van der Waals surface area contributed by atoms with E-state index >= 15 is 0 Å². The maximum Gasteiger partial charge on any atom is 0.219 e. The van der Waals surface area contributed by atoms with Gasteiger partial charge in [0.2, 0.25) is 5.88 Å². The molecule has 0 aliphatic heterocycles. The van der Waals surface area contributed by atoms with E-state index in [1.54, 1.807) is 30.5 Å².